The molecule has 2 amide bonds. The second-order valence-electron chi connectivity index (χ2n) is 10.5. The van der Waals surface area contributed by atoms with Gasteiger partial charge in [0.2, 0.25) is 5.91 Å². The van der Waals surface area contributed by atoms with Crippen LogP contribution in [-0.4, -0.2) is 110 Å². The Morgan fingerprint density at radius 2 is 1.30 bits per heavy atom. The van der Waals surface area contributed by atoms with Crippen molar-refractivity contribution in [2.45, 2.75) is 97.6 Å². The number of rotatable bonds is 17. The van der Waals surface area contributed by atoms with Crippen molar-refractivity contribution in [3.8, 4) is 0 Å². The van der Waals surface area contributed by atoms with Gasteiger partial charge in [0.25, 0.3) is 0 Å². The molecule has 0 aromatic rings. The molecule has 0 aliphatic carbocycles. The summed E-state index contributed by atoms with van der Waals surface area (Å²) < 4.78 is 37.8. The Kier molecular flexibility index (Phi) is 18.1. The van der Waals surface area contributed by atoms with Crippen molar-refractivity contribution in [3.63, 3.8) is 0 Å². The van der Waals surface area contributed by atoms with Crippen LogP contribution in [0, 0.1) is 0 Å². The van der Waals surface area contributed by atoms with Crippen LogP contribution in [-0.2, 0) is 57.1 Å². The molecule has 1 aliphatic heterocycles. The van der Waals surface area contributed by atoms with E-state index < -0.39 is 66.3 Å². The normalized spacial score (nSPS) is 21.4. The SMILES string of the molecule is CC(=O)OC[C@H]1O[C@H](OCCCC(=O)NCCSSCCNC(=O)OC(C)(C)C)[C@@H](OC(C)=O)[C@@H](OC(C)=O)[C@@H]1OC(C)=O. The molecular weight excluding hydrogens is 624 g/mol. The highest BCUT2D eigenvalue weighted by atomic mass is 33.1. The van der Waals surface area contributed by atoms with E-state index in [0.29, 0.717) is 24.6 Å². The third-order valence-corrected chi connectivity index (χ3v) is 7.63. The van der Waals surface area contributed by atoms with Gasteiger partial charge >= 0.3 is 30.0 Å². The van der Waals surface area contributed by atoms with E-state index in [1.54, 1.807) is 42.4 Å². The van der Waals surface area contributed by atoms with Crippen molar-refractivity contribution in [1.29, 1.82) is 0 Å². The van der Waals surface area contributed by atoms with Crippen LogP contribution in [0.1, 0.15) is 61.3 Å². The van der Waals surface area contributed by atoms with E-state index in [-0.39, 0.29) is 32.0 Å². The van der Waals surface area contributed by atoms with Gasteiger partial charge < -0.3 is 43.8 Å². The van der Waals surface area contributed by atoms with Gasteiger partial charge in [-0.25, -0.2) is 4.79 Å². The fraction of sp³-hybridized carbons (Fsp3) is 0.778. The van der Waals surface area contributed by atoms with Crippen LogP contribution in [0.4, 0.5) is 4.79 Å². The molecule has 0 unspecified atom stereocenters. The Balaban J connectivity index is 2.56. The predicted molar refractivity (Wildman–Crippen MR) is 159 cm³/mol. The molecule has 1 aliphatic rings. The zero-order valence-corrected chi connectivity index (χ0v) is 27.8. The highest BCUT2D eigenvalue weighted by Crippen LogP contribution is 2.30. The second-order valence-corrected chi connectivity index (χ2v) is 13.2. The van der Waals surface area contributed by atoms with E-state index >= 15 is 0 Å². The Hall–Kier alpha value is -2.76. The molecule has 44 heavy (non-hydrogen) atoms. The topological polar surface area (TPSA) is 191 Å². The van der Waals surface area contributed by atoms with Gasteiger partial charge in [0.05, 0.1) is 6.61 Å². The van der Waals surface area contributed by atoms with E-state index in [1.165, 1.54) is 6.92 Å². The van der Waals surface area contributed by atoms with Crippen LogP contribution >= 0.6 is 21.6 Å². The average Bonchev–Trinajstić information content (AvgIpc) is 2.88. The number of amides is 2. The van der Waals surface area contributed by atoms with Crippen LogP contribution in [0.15, 0.2) is 0 Å². The molecule has 0 spiro atoms. The highest BCUT2D eigenvalue weighted by Gasteiger charge is 2.52. The first kappa shape index (κ1) is 39.3. The molecule has 2 N–H and O–H groups in total. The summed E-state index contributed by atoms with van der Waals surface area (Å²) in [7, 11) is 3.11. The Morgan fingerprint density at radius 1 is 0.750 bits per heavy atom. The van der Waals surface area contributed by atoms with Crippen LogP contribution < -0.4 is 10.6 Å². The molecule has 1 saturated heterocycles. The fourth-order valence-corrected chi connectivity index (χ4v) is 5.52. The third-order valence-electron chi connectivity index (χ3n) is 5.22. The lowest BCUT2D eigenvalue weighted by atomic mass is 9.98. The summed E-state index contributed by atoms with van der Waals surface area (Å²) in [5.74, 6) is -1.72. The number of nitrogens with one attached hydrogen (secondary N) is 2. The number of alkyl carbamates (subject to hydrolysis) is 1. The van der Waals surface area contributed by atoms with Gasteiger partial charge in [-0.2, -0.15) is 0 Å². The number of ether oxygens (including phenoxy) is 7. The first-order valence-electron chi connectivity index (χ1n) is 14.0. The fourth-order valence-electron chi connectivity index (χ4n) is 3.70. The third kappa shape index (κ3) is 17.5. The van der Waals surface area contributed by atoms with Crippen molar-refractivity contribution >= 4 is 57.5 Å². The molecule has 17 heteroatoms. The molecule has 252 valence electrons. The Bertz CT molecular complexity index is 976. The van der Waals surface area contributed by atoms with Crippen LogP contribution in [0.2, 0.25) is 0 Å². The molecule has 0 bridgehead atoms. The molecule has 1 fully saturated rings. The summed E-state index contributed by atoms with van der Waals surface area (Å²) in [6, 6.07) is 0. The molecule has 0 radical (unpaired) electrons. The molecule has 0 aromatic carbocycles. The first-order valence-corrected chi connectivity index (χ1v) is 16.5. The minimum Gasteiger partial charge on any atom is -0.463 e. The number of carbonyl (C=O) groups excluding carboxylic acids is 6. The lowest BCUT2D eigenvalue weighted by Crippen LogP contribution is -2.63. The lowest BCUT2D eigenvalue weighted by Gasteiger charge is -2.44. The quantitative estimate of drug-likeness (QED) is 0.0988. The molecule has 15 nitrogen and oxygen atoms in total. The van der Waals surface area contributed by atoms with Gasteiger partial charge in [0.1, 0.15) is 18.3 Å². The Labute approximate surface area is 265 Å². The maximum absolute atomic E-state index is 12.2. The van der Waals surface area contributed by atoms with Crippen molar-refractivity contribution in [3.05, 3.63) is 0 Å². The van der Waals surface area contributed by atoms with Gasteiger partial charge in [-0.1, -0.05) is 21.6 Å². The molecular formula is C27H44N2O13S2. The van der Waals surface area contributed by atoms with E-state index in [9.17, 15) is 28.8 Å². The summed E-state index contributed by atoms with van der Waals surface area (Å²) in [6.07, 6.45) is -6.40. The van der Waals surface area contributed by atoms with E-state index in [2.05, 4.69) is 10.6 Å². The van der Waals surface area contributed by atoms with Gasteiger partial charge in [-0.15, -0.1) is 0 Å². The van der Waals surface area contributed by atoms with Crippen molar-refractivity contribution < 1.29 is 61.9 Å². The summed E-state index contributed by atoms with van der Waals surface area (Å²) in [5.41, 5.74) is -0.550. The molecule has 0 saturated carbocycles. The molecule has 0 aromatic heterocycles. The summed E-state index contributed by atoms with van der Waals surface area (Å²) >= 11 is 0. The minimum absolute atomic E-state index is 0.00356. The molecule has 1 heterocycles. The number of carbonyl (C=O) groups is 6. The maximum atomic E-state index is 12.2. The Morgan fingerprint density at radius 3 is 1.84 bits per heavy atom. The van der Waals surface area contributed by atoms with Gasteiger partial charge in [-0.3, -0.25) is 24.0 Å². The zero-order chi connectivity index (χ0) is 33.3. The van der Waals surface area contributed by atoms with E-state index in [4.69, 9.17) is 33.2 Å². The molecule has 5 atom stereocenters. The van der Waals surface area contributed by atoms with Gasteiger partial charge in [0.15, 0.2) is 24.6 Å². The highest BCUT2D eigenvalue weighted by molar-refractivity contribution is 8.76. The zero-order valence-electron chi connectivity index (χ0n) is 26.2. The maximum Gasteiger partial charge on any atom is 0.407 e. The number of hydrogen-bond donors (Lipinski definition) is 2. The number of hydrogen-bond acceptors (Lipinski definition) is 15. The second kappa shape index (κ2) is 20.3. The summed E-state index contributed by atoms with van der Waals surface area (Å²) in [5, 5.41) is 5.48. The summed E-state index contributed by atoms with van der Waals surface area (Å²) in [6.45, 7) is 10.5. The van der Waals surface area contributed by atoms with Gasteiger partial charge in [-0.05, 0) is 27.2 Å². The van der Waals surface area contributed by atoms with Crippen LogP contribution in [0.3, 0.4) is 0 Å². The van der Waals surface area contributed by atoms with Crippen LogP contribution in [0.25, 0.3) is 0 Å². The average molecular weight is 669 g/mol. The smallest absolute Gasteiger partial charge is 0.407 e. The van der Waals surface area contributed by atoms with E-state index in [0.717, 1.165) is 20.8 Å². The first-order chi connectivity index (χ1) is 20.6. The monoisotopic (exact) mass is 668 g/mol. The largest absolute Gasteiger partial charge is 0.463 e. The van der Waals surface area contributed by atoms with Crippen molar-refractivity contribution in [2.75, 3.05) is 37.8 Å². The van der Waals surface area contributed by atoms with Crippen molar-refractivity contribution in [1.82, 2.24) is 10.6 Å². The predicted octanol–water partition coefficient (Wildman–Crippen LogP) is 1.89. The summed E-state index contributed by atoms with van der Waals surface area (Å²) in [4.78, 5) is 70.9. The van der Waals surface area contributed by atoms with E-state index in [1.807, 2.05) is 0 Å². The minimum atomic E-state index is -1.33. The lowest BCUT2D eigenvalue weighted by molar-refractivity contribution is -0.308. The molecule has 1 rings (SSSR count). The number of esters is 4. The van der Waals surface area contributed by atoms with Gasteiger partial charge in [0, 0.05) is 58.7 Å². The standard InChI is InChI=1S/C27H44N2O13S2/c1-16(30)37-15-20-22(38-17(2)31)23(39-18(3)32)24(40-19(4)33)25(41-20)36-12-8-9-21(34)28-10-13-43-44-14-11-29-26(35)42-27(5,6)7/h20,22-25H,8-15H2,1-7H3,(H,28,34)(H,29,35)/t20-,22-,23+,24+,25+/m1/s1. The van der Waals surface area contributed by atoms with Crippen molar-refractivity contribution in [2.24, 2.45) is 0 Å². The van der Waals surface area contributed by atoms with Crippen LogP contribution in [0.5, 0.6) is 0 Å².